The molecule has 0 aliphatic rings. The van der Waals surface area contributed by atoms with E-state index in [1.807, 2.05) is 6.07 Å². The van der Waals surface area contributed by atoms with Gasteiger partial charge in [0.05, 0.1) is 6.04 Å². The van der Waals surface area contributed by atoms with Gasteiger partial charge in [-0.2, -0.15) is 0 Å². The van der Waals surface area contributed by atoms with Gasteiger partial charge in [-0.05, 0) is 36.7 Å². The third-order valence-corrected chi connectivity index (χ3v) is 2.55. The quantitative estimate of drug-likeness (QED) is 0.803. The lowest BCUT2D eigenvalue weighted by molar-refractivity contribution is 0.595. The molecule has 0 fully saturated rings. The maximum Gasteiger partial charge on any atom is 0.124 e. The van der Waals surface area contributed by atoms with Crippen molar-refractivity contribution < 1.29 is 4.39 Å². The molecule has 0 bridgehead atoms. The standard InChI is InChI=1S/C12H15BrFN/c1-3-5-15-12(4-2)9-6-10(13)8-11(14)7-9/h4,6-8,12,15H,2-3,5H2,1H3. The van der Waals surface area contributed by atoms with Crippen LogP contribution in [0.4, 0.5) is 4.39 Å². The fourth-order valence-electron chi connectivity index (χ4n) is 1.39. The SMILES string of the molecule is C=CC(NCCC)c1cc(F)cc(Br)c1. The lowest BCUT2D eigenvalue weighted by Gasteiger charge is -2.15. The molecule has 0 aliphatic carbocycles. The molecular weight excluding hydrogens is 257 g/mol. The van der Waals surface area contributed by atoms with Crippen molar-refractivity contribution in [3.05, 3.63) is 46.7 Å². The first kappa shape index (κ1) is 12.4. The van der Waals surface area contributed by atoms with Crippen LogP contribution in [0.2, 0.25) is 0 Å². The largest absolute Gasteiger partial charge is 0.307 e. The highest BCUT2D eigenvalue weighted by Gasteiger charge is 2.08. The summed E-state index contributed by atoms with van der Waals surface area (Å²) in [7, 11) is 0. The van der Waals surface area contributed by atoms with Crippen molar-refractivity contribution >= 4 is 15.9 Å². The molecule has 3 heteroatoms. The molecule has 0 radical (unpaired) electrons. The molecule has 0 heterocycles. The average Bonchev–Trinajstić information content (AvgIpc) is 2.17. The van der Waals surface area contributed by atoms with Crippen molar-refractivity contribution in [1.29, 1.82) is 0 Å². The van der Waals surface area contributed by atoms with Gasteiger partial charge in [0.1, 0.15) is 5.82 Å². The molecule has 0 amide bonds. The minimum atomic E-state index is -0.232. The van der Waals surface area contributed by atoms with Gasteiger partial charge >= 0.3 is 0 Å². The summed E-state index contributed by atoms with van der Waals surface area (Å²) < 4.78 is 13.9. The molecule has 1 atom stereocenters. The maximum atomic E-state index is 13.2. The molecule has 1 aromatic carbocycles. The number of nitrogens with one attached hydrogen (secondary N) is 1. The summed E-state index contributed by atoms with van der Waals surface area (Å²) in [5, 5.41) is 3.28. The van der Waals surface area contributed by atoms with Gasteiger partial charge in [-0.15, -0.1) is 6.58 Å². The second-order valence-electron chi connectivity index (χ2n) is 3.37. The Kier molecular flexibility index (Phi) is 4.99. The Morgan fingerprint density at radius 2 is 2.27 bits per heavy atom. The van der Waals surface area contributed by atoms with Crippen LogP contribution in [0.1, 0.15) is 24.9 Å². The number of benzene rings is 1. The molecule has 82 valence electrons. The summed E-state index contributed by atoms with van der Waals surface area (Å²) in [6.07, 6.45) is 2.83. The van der Waals surface area contributed by atoms with Crippen molar-refractivity contribution in [2.24, 2.45) is 0 Å². The van der Waals surface area contributed by atoms with Gasteiger partial charge in [-0.1, -0.05) is 28.9 Å². The van der Waals surface area contributed by atoms with Crippen LogP contribution >= 0.6 is 15.9 Å². The third kappa shape index (κ3) is 3.76. The third-order valence-electron chi connectivity index (χ3n) is 2.09. The summed E-state index contributed by atoms with van der Waals surface area (Å²) in [6, 6.07) is 4.89. The number of halogens is 2. The summed E-state index contributed by atoms with van der Waals surface area (Å²) in [5.74, 6) is -0.232. The molecule has 1 N–H and O–H groups in total. The van der Waals surface area contributed by atoms with E-state index in [1.54, 1.807) is 6.08 Å². The first-order valence-corrected chi connectivity index (χ1v) is 5.78. The van der Waals surface area contributed by atoms with Crippen LogP contribution in [0.5, 0.6) is 0 Å². The van der Waals surface area contributed by atoms with E-state index in [9.17, 15) is 4.39 Å². The van der Waals surface area contributed by atoms with E-state index in [4.69, 9.17) is 0 Å². The molecule has 1 rings (SSSR count). The van der Waals surface area contributed by atoms with Crippen molar-refractivity contribution in [3.8, 4) is 0 Å². The minimum absolute atomic E-state index is 0.0111. The van der Waals surface area contributed by atoms with E-state index in [0.29, 0.717) is 0 Å². The molecule has 0 saturated carbocycles. The van der Waals surface area contributed by atoms with Crippen LogP contribution in [0, 0.1) is 5.82 Å². The lowest BCUT2D eigenvalue weighted by Crippen LogP contribution is -2.20. The molecule has 1 nitrogen and oxygen atoms in total. The first-order chi connectivity index (χ1) is 7.17. The highest BCUT2D eigenvalue weighted by Crippen LogP contribution is 2.21. The van der Waals surface area contributed by atoms with E-state index in [2.05, 4.69) is 34.7 Å². The second kappa shape index (κ2) is 6.03. The highest BCUT2D eigenvalue weighted by molar-refractivity contribution is 9.10. The van der Waals surface area contributed by atoms with Gasteiger partial charge in [0.2, 0.25) is 0 Å². The van der Waals surface area contributed by atoms with Crippen LogP contribution < -0.4 is 5.32 Å². The van der Waals surface area contributed by atoms with Crippen molar-refractivity contribution in [1.82, 2.24) is 5.32 Å². The zero-order valence-electron chi connectivity index (χ0n) is 8.76. The molecule has 1 aromatic rings. The molecule has 0 aliphatic heterocycles. The summed E-state index contributed by atoms with van der Waals surface area (Å²) in [4.78, 5) is 0. The van der Waals surface area contributed by atoms with Crippen molar-refractivity contribution in [2.45, 2.75) is 19.4 Å². The van der Waals surface area contributed by atoms with E-state index < -0.39 is 0 Å². The van der Waals surface area contributed by atoms with Crippen LogP contribution in [-0.2, 0) is 0 Å². The molecule has 0 spiro atoms. The molecule has 15 heavy (non-hydrogen) atoms. The Hall–Kier alpha value is -0.670. The zero-order chi connectivity index (χ0) is 11.3. The summed E-state index contributed by atoms with van der Waals surface area (Å²) >= 11 is 3.28. The number of rotatable bonds is 5. The van der Waals surface area contributed by atoms with E-state index in [-0.39, 0.29) is 11.9 Å². The molecular formula is C12H15BrFN. The average molecular weight is 272 g/mol. The van der Waals surface area contributed by atoms with Gasteiger partial charge in [-0.25, -0.2) is 4.39 Å². The van der Waals surface area contributed by atoms with Gasteiger partial charge in [0.25, 0.3) is 0 Å². The summed E-state index contributed by atoms with van der Waals surface area (Å²) in [5.41, 5.74) is 0.894. The predicted octanol–water partition coefficient (Wildman–Crippen LogP) is 3.81. The van der Waals surface area contributed by atoms with Crippen LogP contribution in [0.15, 0.2) is 35.3 Å². The van der Waals surface area contributed by atoms with Crippen LogP contribution in [0.25, 0.3) is 0 Å². The van der Waals surface area contributed by atoms with Crippen LogP contribution in [0.3, 0.4) is 0 Å². The maximum absolute atomic E-state index is 13.2. The Labute approximate surface area is 98.5 Å². The van der Waals surface area contributed by atoms with E-state index in [1.165, 1.54) is 12.1 Å². The van der Waals surface area contributed by atoms with E-state index >= 15 is 0 Å². The lowest BCUT2D eigenvalue weighted by atomic mass is 10.1. The predicted molar refractivity (Wildman–Crippen MR) is 65.3 cm³/mol. The van der Waals surface area contributed by atoms with Crippen molar-refractivity contribution in [3.63, 3.8) is 0 Å². The van der Waals surface area contributed by atoms with Gasteiger partial charge in [-0.3, -0.25) is 0 Å². The molecule has 1 unspecified atom stereocenters. The Balaban J connectivity index is 2.86. The fourth-order valence-corrected chi connectivity index (χ4v) is 1.87. The normalized spacial score (nSPS) is 12.5. The second-order valence-corrected chi connectivity index (χ2v) is 4.29. The summed E-state index contributed by atoms with van der Waals surface area (Å²) in [6.45, 7) is 6.73. The van der Waals surface area contributed by atoms with Crippen LogP contribution in [-0.4, -0.2) is 6.54 Å². The van der Waals surface area contributed by atoms with Gasteiger partial charge in [0, 0.05) is 4.47 Å². The van der Waals surface area contributed by atoms with Gasteiger partial charge < -0.3 is 5.32 Å². The van der Waals surface area contributed by atoms with Crippen molar-refractivity contribution in [2.75, 3.05) is 6.54 Å². The fraction of sp³-hybridized carbons (Fsp3) is 0.333. The van der Waals surface area contributed by atoms with E-state index in [0.717, 1.165) is 23.0 Å². The zero-order valence-corrected chi connectivity index (χ0v) is 10.3. The molecule has 0 saturated heterocycles. The Bertz CT molecular complexity index is 318. The molecule has 0 aromatic heterocycles. The number of hydrogen-bond acceptors (Lipinski definition) is 1. The monoisotopic (exact) mass is 271 g/mol. The first-order valence-electron chi connectivity index (χ1n) is 4.99. The Morgan fingerprint density at radius 1 is 1.53 bits per heavy atom. The Morgan fingerprint density at radius 3 is 2.80 bits per heavy atom. The topological polar surface area (TPSA) is 12.0 Å². The van der Waals surface area contributed by atoms with Gasteiger partial charge in [0.15, 0.2) is 0 Å². The highest BCUT2D eigenvalue weighted by atomic mass is 79.9. The smallest absolute Gasteiger partial charge is 0.124 e. The minimum Gasteiger partial charge on any atom is -0.307 e. The number of hydrogen-bond donors (Lipinski definition) is 1.